The van der Waals surface area contributed by atoms with Gasteiger partial charge in [-0.05, 0) is 40.8 Å². The summed E-state index contributed by atoms with van der Waals surface area (Å²) < 4.78 is 31.9. The van der Waals surface area contributed by atoms with E-state index in [9.17, 15) is 8.42 Å². The molecule has 0 saturated carbocycles. The van der Waals surface area contributed by atoms with Crippen molar-refractivity contribution >= 4 is 44.8 Å². The number of hydrogen-bond acceptors (Lipinski definition) is 7. The number of ether oxygens (including phenoxy) is 1. The molecule has 27 heavy (non-hydrogen) atoms. The lowest BCUT2D eigenvalue weighted by molar-refractivity contribution is 0.410. The summed E-state index contributed by atoms with van der Waals surface area (Å²) in [6.45, 7) is 0. The van der Waals surface area contributed by atoms with Crippen LogP contribution in [0.5, 0.6) is 5.75 Å². The predicted octanol–water partition coefficient (Wildman–Crippen LogP) is 3.54. The molecule has 0 aliphatic rings. The van der Waals surface area contributed by atoms with Crippen molar-refractivity contribution in [2.75, 3.05) is 18.6 Å². The molecule has 7 nitrogen and oxygen atoms in total. The Bertz CT molecular complexity index is 1060. The number of halogens is 2. The summed E-state index contributed by atoms with van der Waals surface area (Å²) in [6, 6.07) is 11.6. The molecule has 0 radical (unpaired) electrons. The second-order valence-corrected chi connectivity index (χ2v) is 9.27. The van der Waals surface area contributed by atoms with E-state index >= 15 is 0 Å². The van der Waals surface area contributed by atoms with Gasteiger partial charge in [0.25, 0.3) is 0 Å². The molecule has 0 bridgehead atoms. The van der Waals surface area contributed by atoms with Crippen LogP contribution in [-0.2, 0) is 9.84 Å². The van der Waals surface area contributed by atoms with Crippen LogP contribution in [0, 0.1) is 0 Å². The van der Waals surface area contributed by atoms with Gasteiger partial charge in [-0.1, -0.05) is 47.1 Å². The lowest BCUT2D eigenvalue weighted by Gasteiger charge is -2.09. The number of aromatic nitrogens is 4. The molecule has 0 unspecified atom stereocenters. The van der Waals surface area contributed by atoms with Crippen molar-refractivity contribution in [3.8, 4) is 11.4 Å². The van der Waals surface area contributed by atoms with Crippen LogP contribution >= 0.6 is 35.0 Å². The van der Waals surface area contributed by atoms with E-state index in [1.54, 1.807) is 19.2 Å². The fourth-order valence-electron chi connectivity index (χ4n) is 2.29. The Morgan fingerprint density at radius 2 is 1.96 bits per heavy atom. The first-order chi connectivity index (χ1) is 12.9. The van der Waals surface area contributed by atoms with Gasteiger partial charge in [0.05, 0.1) is 22.8 Å². The standard InChI is InChI=1S/C16H14Cl2N4O3S2/c1-25-14-5-3-2-4-13(14)22-16(19-20-21-22)26-8-9-27(23,24)15-10-11(17)6-7-12(15)18/h2-7,10H,8-9H2,1H3. The van der Waals surface area contributed by atoms with E-state index in [2.05, 4.69) is 15.5 Å². The first-order valence-electron chi connectivity index (χ1n) is 7.65. The number of methoxy groups -OCH3 is 1. The molecule has 0 atom stereocenters. The van der Waals surface area contributed by atoms with Crippen LogP contribution < -0.4 is 4.74 Å². The molecule has 0 saturated heterocycles. The Kier molecular flexibility index (Phi) is 6.25. The monoisotopic (exact) mass is 444 g/mol. The molecule has 3 rings (SSSR count). The Morgan fingerprint density at radius 1 is 1.19 bits per heavy atom. The SMILES string of the molecule is COc1ccccc1-n1nnnc1SCCS(=O)(=O)c1cc(Cl)ccc1Cl. The highest BCUT2D eigenvalue weighted by molar-refractivity contribution is 8.00. The summed E-state index contributed by atoms with van der Waals surface area (Å²) in [7, 11) is -2.04. The van der Waals surface area contributed by atoms with Gasteiger partial charge in [0.1, 0.15) is 11.4 Å². The zero-order chi connectivity index (χ0) is 19.4. The van der Waals surface area contributed by atoms with Crippen LogP contribution in [-0.4, -0.2) is 47.2 Å². The van der Waals surface area contributed by atoms with Crippen molar-refractivity contribution in [1.29, 1.82) is 0 Å². The van der Waals surface area contributed by atoms with Crippen LogP contribution in [0.1, 0.15) is 0 Å². The van der Waals surface area contributed by atoms with Gasteiger partial charge < -0.3 is 4.74 Å². The second-order valence-electron chi connectivity index (χ2n) is 5.29. The van der Waals surface area contributed by atoms with Gasteiger partial charge >= 0.3 is 0 Å². The normalized spacial score (nSPS) is 11.5. The molecule has 2 aromatic carbocycles. The zero-order valence-corrected chi connectivity index (χ0v) is 17.2. The maximum absolute atomic E-state index is 12.6. The molecule has 11 heteroatoms. The van der Waals surface area contributed by atoms with E-state index < -0.39 is 9.84 Å². The summed E-state index contributed by atoms with van der Waals surface area (Å²) in [4.78, 5) is 0.0154. The van der Waals surface area contributed by atoms with Crippen LogP contribution in [0.4, 0.5) is 0 Å². The Labute approximate surface area is 170 Å². The lowest BCUT2D eigenvalue weighted by Crippen LogP contribution is -2.10. The number of tetrazole rings is 1. The molecule has 0 amide bonds. The van der Waals surface area contributed by atoms with E-state index in [-0.39, 0.29) is 21.4 Å². The fraction of sp³-hybridized carbons (Fsp3) is 0.188. The third kappa shape index (κ3) is 4.55. The molecular formula is C16H14Cl2N4O3S2. The molecule has 0 spiro atoms. The van der Waals surface area contributed by atoms with E-state index in [1.807, 2.05) is 18.2 Å². The lowest BCUT2D eigenvalue weighted by atomic mass is 10.3. The summed E-state index contributed by atoms with van der Waals surface area (Å²) >= 11 is 13.1. The highest BCUT2D eigenvalue weighted by atomic mass is 35.5. The number of hydrogen-bond donors (Lipinski definition) is 0. The van der Waals surface area contributed by atoms with Gasteiger partial charge in [-0.3, -0.25) is 0 Å². The van der Waals surface area contributed by atoms with Crippen LogP contribution in [0.15, 0.2) is 52.5 Å². The third-order valence-corrected chi connectivity index (χ3v) is 7.17. The van der Waals surface area contributed by atoms with Crippen molar-refractivity contribution in [2.45, 2.75) is 10.1 Å². The largest absolute Gasteiger partial charge is 0.494 e. The number of sulfone groups is 1. The van der Waals surface area contributed by atoms with Crippen molar-refractivity contribution < 1.29 is 13.2 Å². The Hall–Kier alpha value is -1.81. The number of thioether (sulfide) groups is 1. The highest BCUT2D eigenvalue weighted by Crippen LogP contribution is 2.28. The number of para-hydroxylation sites is 2. The molecule has 0 aliphatic carbocycles. The summed E-state index contributed by atoms with van der Waals surface area (Å²) in [6.07, 6.45) is 0. The summed E-state index contributed by atoms with van der Waals surface area (Å²) in [5.41, 5.74) is 0.660. The molecule has 0 N–H and O–H groups in total. The summed E-state index contributed by atoms with van der Waals surface area (Å²) in [5, 5.41) is 12.5. The average Bonchev–Trinajstić information content (AvgIpc) is 3.11. The number of rotatable bonds is 7. The van der Waals surface area contributed by atoms with E-state index in [4.69, 9.17) is 27.9 Å². The zero-order valence-electron chi connectivity index (χ0n) is 14.0. The molecule has 142 valence electrons. The highest BCUT2D eigenvalue weighted by Gasteiger charge is 2.20. The van der Waals surface area contributed by atoms with E-state index in [0.29, 0.717) is 21.6 Å². The van der Waals surface area contributed by atoms with Gasteiger partial charge in [0.15, 0.2) is 9.84 Å². The molecule has 1 aromatic heterocycles. The van der Waals surface area contributed by atoms with Crippen molar-refractivity contribution in [3.05, 3.63) is 52.5 Å². The molecular weight excluding hydrogens is 431 g/mol. The van der Waals surface area contributed by atoms with Crippen LogP contribution in [0.25, 0.3) is 5.69 Å². The topological polar surface area (TPSA) is 87.0 Å². The van der Waals surface area contributed by atoms with Gasteiger partial charge in [-0.15, -0.1) is 5.10 Å². The predicted molar refractivity (Wildman–Crippen MR) is 105 cm³/mol. The quantitative estimate of drug-likeness (QED) is 0.514. The minimum absolute atomic E-state index is 0.0154. The molecule has 3 aromatic rings. The Morgan fingerprint density at radius 3 is 2.74 bits per heavy atom. The van der Waals surface area contributed by atoms with Crippen LogP contribution in [0.2, 0.25) is 10.0 Å². The van der Waals surface area contributed by atoms with Gasteiger partial charge in [0, 0.05) is 10.8 Å². The average molecular weight is 445 g/mol. The second kappa shape index (κ2) is 8.47. The smallest absolute Gasteiger partial charge is 0.214 e. The van der Waals surface area contributed by atoms with Gasteiger partial charge in [-0.2, -0.15) is 4.68 Å². The van der Waals surface area contributed by atoms with Gasteiger partial charge in [-0.25, -0.2) is 8.42 Å². The Balaban J connectivity index is 1.75. The number of benzene rings is 2. The van der Waals surface area contributed by atoms with Crippen molar-refractivity contribution in [1.82, 2.24) is 20.2 Å². The molecule has 0 aliphatic heterocycles. The third-order valence-electron chi connectivity index (χ3n) is 3.57. The minimum Gasteiger partial charge on any atom is -0.494 e. The maximum Gasteiger partial charge on any atom is 0.214 e. The van der Waals surface area contributed by atoms with Crippen molar-refractivity contribution in [3.63, 3.8) is 0 Å². The minimum atomic E-state index is -3.60. The van der Waals surface area contributed by atoms with Crippen molar-refractivity contribution in [2.24, 2.45) is 0 Å². The maximum atomic E-state index is 12.6. The van der Waals surface area contributed by atoms with Gasteiger partial charge in [0.2, 0.25) is 5.16 Å². The van der Waals surface area contributed by atoms with Crippen LogP contribution in [0.3, 0.4) is 0 Å². The first-order valence-corrected chi connectivity index (χ1v) is 11.0. The fourth-order valence-corrected chi connectivity index (χ4v) is 5.64. The first kappa shape index (κ1) is 19.9. The number of nitrogens with zero attached hydrogens (tertiary/aromatic N) is 4. The van der Waals surface area contributed by atoms with E-state index in [0.717, 1.165) is 0 Å². The molecule has 1 heterocycles. The van der Waals surface area contributed by atoms with E-state index in [1.165, 1.54) is 28.6 Å². The molecule has 0 fully saturated rings. The summed E-state index contributed by atoms with van der Waals surface area (Å²) in [5.74, 6) is 0.696.